The molecule has 0 heterocycles. The van der Waals surface area contributed by atoms with Crippen molar-refractivity contribution in [1.29, 1.82) is 0 Å². The quantitative estimate of drug-likeness (QED) is 0.861. The lowest BCUT2D eigenvalue weighted by Crippen LogP contribution is -2.30. The summed E-state index contributed by atoms with van der Waals surface area (Å²) < 4.78 is 26.3. The molecule has 1 aromatic carbocycles. The van der Waals surface area contributed by atoms with E-state index in [0.717, 1.165) is 6.07 Å². The Morgan fingerprint density at radius 3 is 2.68 bits per heavy atom. The van der Waals surface area contributed by atoms with Gasteiger partial charge >= 0.3 is 0 Å². The number of carbonyl (C=O) groups is 1. The van der Waals surface area contributed by atoms with E-state index in [1.165, 1.54) is 12.1 Å². The molecule has 0 aliphatic rings. The van der Waals surface area contributed by atoms with Gasteiger partial charge in [-0.05, 0) is 19.9 Å². The molecule has 19 heavy (non-hydrogen) atoms. The molecule has 0 saturated carbocycles. The van der Waals surface area contributed by atoms with Crippen LogP contribution in [0.5, 0.6) is 0 Å². The van der Waals surface area contributed by atoms with Crippen molar-refractivity contribution in [3.05, 3.63) is 35.4 Å². The van der Waals surface area contributed by atoms with Gasteiger partial charge in [0.2, 0.25) is 5.91 Å². The number of amides is 1. The van der Waals surface area contributed by atoms with Crippen LogP contribution in [0.15, 0.2) is 18.2 Å². The highest BCUT2D eigenvalue weighted by molar-refractivity contribution is 5.75. The molecule has 1 rings (SSSR count). The first-order valence-corrected chi connectivity index (χ1v) is 6.38. The Hall–Kier alpha value is -1.49. The molecular formula is C14H20F2N2O. The summed E-state index contributed by atoms with van der Waals surface area (Å²) >= 11 is 0. The van der Waals surface area contributed by atoms with Gasteiger partial charge in [-0.25, -0.2) is 8.78 Å². The summed E-state index contributed by atoms with van der Waals surface area (Å²) in [7, 11) is 1.74. The summed E-state index contributed by atoms with van der Waals surface area (Å²) in [5, 5.41) is 3.06. The highest BCUT2D eigenvalue weighted by atomic mass is 19.1. The third-order valence-corrected chi connectivity index (χ3v) is 3.12. The number of rotatable bonds is 6. The molecule has 1 aromatic rings. The van der Waals surface area contributed by atoms with E-state index < -0.39 is 11.6 Å². The molecule has 1 N–H and O–H groups in total. The van der Waals surface area contributed by atoms with Crippen LogP contribution < -0.4 is 5.32 Å². The minimum Gasteiger partial charge on any atom is -0.346 e. The number of hydrogen-bond donors (Lipinski definition) is 1. The van der Waals surface area contributed by atoms with Crippen molar-refractivity contribution in [2.75, 3.05) is 20.1 Å². The Kier molecular flexibility index (Phi) is 5.89. The summed E-state index contributed by atoms with van der Waals surface area (Å²) in [5.41, 5.74) is 0.401. The van der Waals surface area contributed by atoms with E-state index in [-0.39, 0.29) is 11.9 Å². The van der Waals surface area contributed by atoms with Crippen molar-refractivity contribution in [3.8, 4) is 0 Å². The van der Waals surface area contributed by atoms with E-state index in [1.807, 2.05) is 6.92 Å². The first-order valence-electron chi connectivity index (χ1n) is 6.38. The molecule has 1 atom stereocenters. The van der Waals surface area contributed by atoms with E-state index in [4.69, 9.17) is 0 Å². The molecule has 0 saturated heterocycles. The highest BCUT2D eigenvalue weighted by Crippen LogP contribution is 2.17. The maximum atomic E-state index is 13.5. The SMILES string of the molecule is CCN(C)C(=O)CCNC(C)c1ccc(F)cc1F. The van der Waals surface area contributed by atoms with E-state index in [0.29, 0.717) is 25.1 Å². The zero-order valence-electron chi connectivity index (χ0n) is 11.5. The van der Waals surface area contributed by atoms with Crippen LogP contribution in [-0.4, -0.2) is 30.9 Å². The molecule has 0 bridgehead atoms. The smallest absolute Gasteiger partial charge is 0.223 e. The van der Waals surface area contributed by atoms with Crippen LogP contribution in [0.3, 0.4) is 0 Å². The summed E-state index contributed by atoms with van der Waals surface area (Å²) in [5.74, 6) is -1.12. The molecular weight excluding hydrogens is 250 g/mol. The van der Waals surface area contributed by atoms with Gasteiger partial charge in [0.25, 0.3) is 0 Å². The third kappa shape index (κ3) is 4.59. The largest absolute Gasteiger partial charge is 0.346 e. The molecule has 1 amide bonds. The van der Waals surface area contributed by atoms with Crippen LogP contribution in [0.2, 0.25) is 0 Å². The lowest BCUT2D eigenvalue weighted by Gasteiger charge is -2.17. The van der Waals surface area contributed by atoms with Gasteiger partial charge in [0.1, 0.15) is 11.6 Å². The van der Waals surface area contributed by atoms with E-state index in [9.17, 15) is 13.6 Å². The average Bonchev–Trinajstić information content (AvgIpc) is 2.37. The molecule has 0 radical (unpaired) electrons. The predicted octanol–water partition coefficient (Wildman–Crippen LogP) is 2.48. The van der Waals surface area contributed by atoms with Gasteiger partial charge in [0.15, 0.2) is 0 Å². The van der Waals surface area contributed by atoms with Gasteiger partial charge in [0.05, 0.1) is 0 Å². The van der Waals surface area contributed by atoms with E-state index >= 15 is 0 Å². The number of benzene rings is 1. The monoisotopic (exact) mass is 270 g/mol. The Morgan fingerprint density at radius 1 is 1.42 bits per heavy atom. The molecule has 0 fully saturated rings. The Bertz CT molecular complexity index is 437. The summed E-state index contributed by atoms with van der Waals surface area (Å²) in [6.07, 6.45) is 0.359. The fraction of sp³-hybridized carbons (Fsp3) is 0.500. The van der Waals surface area contributed by atoms with Crippen molar-refractivity contribution >= 4 is 5.91 Å². The summed E-state index contributed by atoms with van der Waals surface area (Å²) in [4.78, 5) is 13.2. The first-order chi connectivity index (χ1) is 8.95. The lowest BCUT2D eigenvalue weighted by molar-refractivity contribution is -0.129. The van der Waals surface area contributed by atoms with Crippen molar-refractivity contribution in [2.24, 2.45) is 0 Å². The van der Waals surface area contributed by atoms with Gasteiger partial charge in [0, 0.05) is 44.2 Å². The molecule has 0 spiro atoms. The highest BCUT2D eigenvalue weighted by Gasteiger charge is 2.12. The molecule has 0 aromatic heterocycles. The van der Waals surface area contributed by atoms with Crippen LogP contribution >= 0.6 is 0 Å². The van der Waals surface area contributed by atoms with Gasteiger partial charge in [-0.1, -0.05) is 6.07 Å². The van der Waals surface area contributed by atoms with Crippen LogP contribution in [0, 0.1) is 11.6 Å². The van der Waals surface area contributed by atoms with Crippen molar-refractivity contribution in [2.45, 2.75) is 26.3 Å². The zero-order valence-corrected chi connectivity index (χ0v) is 11.5. The minimum atomic E-state index is -0.590. The molecule has 0 aliphatic carbocycles. The van der Waals surface area contributed by atoms with Gasteiger partial charge in [-0.3, -0.25) is 4.79 Å². The molecule has 0 aliphatic heterocycles. The second kappa shape index (κ2) is 7.19. The number of nitrogens with one attached hydrogen (secondary N) is 1. The maximum absolute atomic E-state index is 13.5. The normalized spacial score (nSPS) is 12.3. The van der Waals surface area contributed by atoms with Crippen molar-refractivity contribution in [3.63, 3.8) is 0 Å². The Balaban J connectivity index is 2.47. The Labute approximate surface area is 112 Å². The van der Waals surface area contributed by atoms with Gasteiger partial charge in [-0.2, -0.15) is 0 Å². The molecule has 106 valence electrons. The molecule has 3 nitrogen and oxygen atoms in total. The van der Waals surface area contributed by atoms with Crippen molar-refractivity contribution < 1.29 is 13.6 Å². The minimum absolute atomic E-state index is 0.0433. The molecule has 5 heteroatoms. The second-order valence-electron chi connectivity index (χ2n) is 4.50. The summed E-state index contributed by atoms with van der Waals surface area (Å²) in [6.45, 7) is 4.81. The maximum Gasteiger partial charge on any atom is 0.223 e. The van der Waals surface area contributed by atoms with Gasteiger partial charge in [-0.15, -0.1) is 0 Å². The topological polar surface area (TPSA) is 32.3 Å². The number of hydrogen-bond acceptors (Lipinski definition) is 2. The van der Waals surface area contributed by atoms with E-state index in [1.54, 1.807) is 18.9 Å². The fourth-order valence-electron chi connectivity index (χ4n) is 1.73. The van der Waals surface area contributed by atoms with Crippen molar-refractivity contribution in [1.82, 2.24) is 10.2 Å². The number of halogens is 2. The van der Waals surface area contributed by atoms with Crippen LogP contribution in [0.4, 0.5) is 8.78 Å². The summed E-state index contributed by atoms with van der Waals surface area (Å²) in [6, 6.07) is 3.25. The molecule has 1 unspecified atom stereocenters. The zero-order chi connectivity index (χ0) is 14.4. The third-order valence-electron chi connectivity index (χ3n) is 3.12. The van der Waals surface area contributed by atoms with Crippen LogP contribution in [0.25, 0.3) is 0 Å². The fourth-order valence-corrected chi connectivity index (χ4v) is 1.73. The predicted molar refractivity (Wildman–Crippen MR) is 70.7 cm³/mol. The van der Waals surface area contributed by atoms with Crippen LogP contribution in [-0.2, 0) is 4.79 Å². The van der Waals surface area contributed by atoms with Crippen LogP contribution in [0.1, 0.15) is 31.9 Å². The average molecular weight is 270 g/mol. The second-order valence-corrected chi connectivity index (χ2v) is 4.50. The lowest BCUT2D eigenvalue weighted by atomic mass is 10.1. The Morgan fingerprint density at radius 2 is 2.11 bits per heavy atom. The standard InChI is InChI=1S/C14H20F2N2O/c1-4-18(3)14(19)7-8-17-10(2)12-6-5-11(15)9-13(12)16/h5-6,9-10,17H,4,7-8H2,1-3H3. The van der Waals surface area contributed by atoms with Gasteiger partial charge < -0.3 is 10.2 Å². The first kappa shape index (κ1) is 15.6. The number of nitrogens with zero attached hydrogens (tertiary/aromatic N) is 1. The number of carbonyl (C=O) groups excluding carboxylic acids is 1. The van der Waals surface area contributed by atoms with E-state index in [2.05, 4.69) is 5.32 Å².